The molecule has 8 heteroatoms. The highest BCUT2D eigenvalue weighted by Crippen LogP contribution is 2.27. The van der Waals surface area contributed by atoms with Gasteiger partial charge in [0.25, 0.3) is 0 Å². The molecule has 0 bridgehead atoms. The predicted molar refractivity (Wildman–Crippen MR) is 91.2 cm³/mol. The van der Waals surface area contributed by atoms with E-state index in [4.69, 9.17) is 0 Å². The quantitative estimate of drug-likeness (QED) is 0.722. The molecule has 3 aromatic rings. The van der Waals surface area contributed by atoms with Gasteiger partial charge in [0, 0.05) is 19.3 Å². The van der Waals surface area contributed by atoms with E-state index in [1.54, 1.807) is 34.9 Å². The molecular formula is C15H16N6OS. The fourth-order valence-electron chi connectivity index (χ4n) is 2.10. The fraction of sp³-hybridized carbons (Fsp3) is 0.133. The first kappa shape index (κ1) is 15.2. The van der Waals surface area contributed by atoms with Crippen LogP contribution in [0, 0.1) is 0 Å². The van der Waals surface area contributed by atoms with Gasteiger partial charge in [0.05, 0.1) is 16.8 Å². The number of aromatic nitrogens is 4. The maximum atomic E-state index is 12.2. The van der Waals surface area contributed by atoms with Crippen molar-refractivity contribution in [3.05, 3.63) is 48.8 Å². The Morgan fingerprint density at radius 3 is 2.61 bits per heavy atom. The molecule has 2 aromatic heterocycles. The second kappa shape index (κ2) is 6.57. The Kier molecular flexibility index (Phi) is 4.33. The van der Waals surface area contributed by atoms with Crippen LogP contribution in [0.5, 0.6) is 0 Å². The zero-order valence-electron chi connectivity index (χ0n) is 12.7. The zero-order valence-corrected chi connectivity index (χ0v) is 13.5. The number of hydrogen-bond donors (Lipinski definition) is 2. The van der Waals surface area contributed by atoms with Gasteiger partial charge in [-0.25, -0.2) is 9.48 Å². The molecule has 0 saturated heterocycles. The molecule has 0 unspecified atom stereocenters. The van der Waals surface area contributed by atoms with Gasteiger partial charge in [0.2, 0.25) is 0 Å². The molecule has 0 aliphatic carbocycles. The van der Waals surface area contributed by atoms with Gasteiger partial charge >= 0.3 is 6.03 Å². The second-order valence-electron chi connectivity index (χ2n) is 4.76. The average Bonchev–Trinajstić information content (AvgIpc) is 3.14. The summed E-state index contributed by atoms with van der Waals surface area (Å²) in [5.74, 6) is 1.11. The van der Waals surface area contributed by atoms with Gasteiger partial charge in [-0.3, -0.25) is 15.3 Å². The lowest BCUT2D eigenvalue weighted by Gasteiger charge is -2.10. The van der Waals surface area contributed by atoms with E-state index in [0.29, 0.717) is 11.6 Å². The van der Waals surface area contributed by atoms with E-state index in [-0.39, 0.29) is 6.03 Å². The SMILES string of the molecule is CSc1cnn(-c2ccccc2)c1NC(=O)Nc1ccn(C)n1. The molecule has 0 fully saturated rings. The second-order valence-corrected chi connectivity index (χ2v) is 5.61. The number of thioether (sulfide) groups is 1. The molecule has 118 valence electrons. The summed E-state index contributed by atoms with van der Waals surface area (Å²) < 4.78 is 3.32. The summed E-state index contributed by atoms with van der Waals surface area (Å²) >= 11 is 1.52. The Bertz CT molecular complexity index is 810. The predicted octanol–water partition coefficient (Wildman–Crippen LogP) is 2.97. The number of carbonyl (C=O) groups is 1. The Balaban J connectivity index is 1.84. The van der Waals surface area contributed by atoms with Gasteiger partial charge in [0.15, 0.2) is 11.6 Å². The first-order chi connectivity index (χ1) is 11.2. The van der Waals surface area contributed by atoms with Gasteiger partial charge in [-0.15, -0.1) is 11.8 Å². The maximum absolute atomic E-state index is 12.2. The molecule has 0 aliphatic heterocycles. The summed E-state index contributed by atoms with van der Waals surface area (Å²) in [4.78, 5) is 13.1. The number of para-hydroxylation sites is 1. The molecule has 2 amide bonds. The van der Waals surface area contributed by atoms with Crippen molar-refractivity contribution in [2.75, 3.05) is 16.9 Å². The van der Waals surface area contributed by atoms with Crippen LogP contribution in [0.1, 0.15) is 0 Å². The van der Waals surface area contributed by atoms with Gasteiger partial charge in [-0.2, -0.15) is 10.2 Å². The number of nitrogens with one attached hydrogen (secondary N) is 2. The Labute approximate surface area is 137 Å². The van der Waals surface area contributed by atoms with Crippen molar-refractivity contribution in [1.82, 2.24) is 19.6 Å². The highest BCUT2D eigenvalue weighted by molar-refractivity contribution is 7.98. The lowest BCUT2D eigenvalue weighted by atomic mass is 10.3. The van der Waals surface area contributed by atoms with Gasteiger partial charge in [0.1, 0.15) is 0 Å². The highest BCUT2D eigenvalue weighted by atomic mass is 32.2. The van der Waals surface area contributed by atoms with Crippen LogP contribution in [-0.2, 0) is 7.05 Å². The van der Waals surface area contributed by atoms with Crippen LogP contribution in [0.2, 0.25) is 0 Å². The summed E-state index contributed by atoms with van der Waals surface area (Å²) in [6.07, 6.45) is 5.43. The van der Waals surface area contributed by atoms with Crippen molar-refractivity contribution in [3.63, 3.8) is 0 Å². The zero-order chi connectivity index (χ0) is 16.2. The Morgan fingerprint density at radius 2 is 1.96 bits per heavy atom. The van der Waals surface area contributed by atoms with E-state index in [2.05, 4.69) is 20.8 Å². The number of anilines is 2. The van der Waals surface area contributed by atoms with E-state index < -0.39 is 0 Å². The fourth-order valence-corrected chi connectivity index (χ4v) is 2.58. The van der Waals surface area contributed by atoms with Crippen molar-refractivity contribution in [1.29, 1.82) is 0 Å². The van der Waals surface area contributed by atoms with Gasteiger partial charge in [-0.05, 0) is 18.4 Å². The molecule has 1 aromatic carbocycles. The Morgan fingerprint density at radius 1 is 1.17 bits per heavy atom. The molecule has 2 N–H and O–H groups in total. The number of aryl methyl sites for hydroxylation is 1. The van der Waals surface area contributed by atoms with Crippen molar-refractivity contribution in [3.8, 4) is 5.69 Å². The standard InChI is InChI=1S/C15H16N6OS/c1-20-9-8-13(19-20)17-15(22)18-14-12(23-2)10-16-21(14)11-6-4-3-5-7-11/h3-10H,1-2H3,(H2,17,18,19,22). The lowest BCUT2D eigenvalue weighted by Crippen LogP contribution is -2.22. The molecule has 3 rings (SSSR count). The number of hydrogen-bond acceptors (Lipinski definition) is 4. The summed E-state index contributed by atoms with van der Waals surface area (Å²) in [5, 5.41) is 14.0. The smallest absolute Gasteiger partial charge is 0.291 e. The van der Waals surface area contributed by atoms with Crippen molar-refractivity contribution in [2.45, 2.75) is 4.90 Å². The maximum Gasteiger partial charge on any atom is 0.326 e. The van der Waals surface area contributed by atoms with E-state index in [9.17, 15) is 4.79 Å². The van der Waals surface area contributed by atoms with E-state index >= 15 is 0 Å². The summed E-state index contributed by atoms with van der Waals surface area (Å²) in [6, 6.07) is 11.0. The van der Waals surface area contributed by atoms with Crippen molar-refractivity contribution < 1.29 is 4.79 Å². The number of rotatable bonds is 4. The monoisotopic (exact) mass is 328 g/mol. The largest absolute Gasteiger partial charge is 0.326 e. The van der Waals surface area contributed by atoms with Crippen LogP contribution >= 0.6 is 11.8 Å². The molecule has 0 atom stereocenters. The van der Waals surface area contributed by atoms with Crippen molar-refractivity contribution in [2.24, 2.45) is 7.05 Å². The van der Waals surface area contributed by atoms with Crippen LogP contribution in [0.3, 0.4) is 0 Å². The molecular weight excluding hydrogens is 312 g/mol. The summed E-state index contributed by atoms with van der Waals surface area (Å²) in [7, 11) is 1.79. The normalized spacial score (nSPS) is 10.5. The highest BCUT2D eigenvalue weighted by Gasteiger charge is 2.15. The summed E-state index contributed by atoms with van der Waals surface area (Å²) in [6.45, 7) is 0. The van der Waals surface area contributed by atoms with E-state index in [1.807, 2.05) is 36.6 Å². The number of amides is 2. The first-order valence-electron chi connectivity index (χ1n) is 6.92. The molecule has 0 saturated carbocycles. The minimum absolute atomic E-state index is 0.364. The lowest BCUT2D eigenvalue weighted by molar-refractivity contribution is 0.262. The molecule has 0 radical (unpaired) electrons. The Hall–Kier alpha value is -2.74. The van der Waals surface area contributed by atoms with Gasteiger partial charge < -0.3 is 0 Å². The van der Waals surface area contributed by atoms with Gasteiger partial charge in [-0.1, -0.05) is 18.2 Å². The van der Waals surface area contributed by atoms with Crippen LogP contribution in [-0.4, -0.2) is 31.8 Å². The van der Waals surface area contributed by atoms with Crippen LogP contribution in [0.25, 0.3) is 5.69 Å². The van der Waals surface area contributed by atoms with Crippen LogP contribution < -0.4 is 10.6 Å². The third kappa shape index (κ3) is 3.37. The number of nitrogens with zero attached hydrogens (tertiary/aromatic N) is 4. The minimum Gasteiger partial charge on any atom is -0.291 e. The van der Waals surface area contributed by atoms with E-state index in [1.165, 1.54) is 11.8 Å². The van der Waals surface area contributed by atoms with Crippen molar-refractivity contribution >= 4 is 29.4 Å². The number of carbonyl (C=O) groups excluding carboxylic acids is 1. The molecule has 23 heavy (non-hydrogen) atoms. The molecule has 2 heterocycles. The van der Waals surface area contributed by atoms with Crippen LogP contribution in [0.15, 0.2) is 53.7 Å². The number of urea groups is 1. The average molecular weight is 328 g/mol. The topological polar surface area (TPSA) is 76.8 Å². The summed E-state index contributed by atoms with van der Waals surface area (Å²) in [5.41, 5.74) is 0.876. The number of benzene rings is 1. The van der Waals surface area contributed by atoms with Crippen LogP contribution in [0.4, 0.5) is 16.4 Å². The molecule has 7 nitrogen and oxygen atoms in total. The van der Waals surface area contributed by atoms with E-state index in [0.717, 1.165) is 10.6 Å². The third-order valence-electron chi connectivity index (χ3n) is 3.14. The molecule has 0 spiro atoms. The molecule has 0 aliphatic rings. The third-order valence-corrected chi connectivity index (χ3v) is 3.88. The first-order valence-corrected chi connectivity index (χ1v) is 8.15. The minimum atomic E-state index is -0.364.